The molecule has 1 aromatic heterocycles. The first kappa shape index (κ1) is 20.5. The van der Waals surface area contributed by atoms with Crippen LogP contribution >= 0.6 is 11.6 Å². The maximum Gasteiger partial charge on any atom is 0.142 e. The number of rotatable bonds is 6. The second kappa shape index (κ2) is 9.37. The summed E-state index contributed by atoms with van der Waals surface area (Å²) in [5.74, 6) is 1.72. The minimum Gasteiger partial charge on any atom is -0.496 e. The van der Waals surface area contributed by atoms with E-state index in [-0.39, 0.29) is 0 Å². The predicted octanol–water partition coefficient (Wildman–Crippen LogP) is 4.74. The van der Waals surface area contributed by atoms with Gasteiger partial charge in [0.25, 0.3) is 0 Å². The first-order chi connectivity index (χ1) is 14.7. The summed E-state index contributed by atoms with van der Waals surface area (Å²) < 4.78 is 11.0. The minimum atomic E-state index is 0.688. The minimum absolute atomic E-state index is 0.688. The smallest absolute Gasteiger partial charge is 0.142 e. The van der Waals surface area contributed by atoms with Gasteiger partial charge >= 0.3 is 0 Å². The molecule has 0 unspecified atom stereocenters. The molecule has 0 saturated carbocycles. The summed E-state index contributed by atoms with van der Waals surface area (Å²) in [7, 11) is 3.39. The van der Waals surface area contributed by atoms with Crippen LogP contribution in [-0.2, 0) is 6.54 Å². The fourth-order valence-corrected chi connectivity index (χ4v) is 4.12. The van der Waals surface area contributed by atoms with Crippen molar-refractivity contribution in [3.05, 3.63) is 71.4 Å². The zero-order valence-corrected chi connectivity index (χ0v) is 18.1. The zero-order chi connectivity index (χ0) is 20.9. The van der Waals surface area contributed by atoms with Crippen LogP contribution in [0.4, 0.5) is 5.69 Å². The molecule has 3 aromatic rings. The van der Waals surface area contributed by atoms with E-state index in [0.29, 0.717) is 5.02 Å². The second-order valence-corrected chi connectivity index (χ2v) is 7.73. The van der Waals surface area contributed by atoms with Crippen LogP contribution in [-0.4, -0.2) is 50.3 Å². The molecule has 30 heavy (non-hydrogen) atoms. The quantitative estimate of drug-likeness (QED) is 0.572. The molecule has 0 amide bonds. The number of anilines is 1. The van der Waals surface area contributed by atoms with Gasteiger partial charge in [0.1, 0.15) is 11.5 Å². The molecule has 0 spiro atoms. The van der Waals surface area contributed by atoms with Gasteiger partial charge in [0.05, 0.1) is 31.3 Å². The lowest BCUT2D eigenvalue weighted by Gasteiger charge is -2.36. The van der Waals surface area contributed by atoms with Gasteiger partial charge in [0, 0.05) is 43.3 Å². The number of aromatic nitrogens is 1. The topological polar surface area (TPSA) is 37.8 Å². The Morgan fingerprint density at radius 2 is 1.53 bits per heavy atom. The zero-order valence-electron chi connectivity index (χ0n) is 17.3. The number of hydrogen-bond donors (Lipinski definition) is 0. The number of pyridine rings is 1. The molecule has 0 radical (unpaired) electrons. The van der Waals surface area contributed by atoms with Crippen molar-refractivity contribution >= 4 is 17.3 Å². The molecular formula is C24H26ClN3O2. The molecule has 1 fully saturated rings. The molecule has 1 aliphatic heterocycles. The molecule has 2 heterocycles. The number of para-hydroxylation sites is 3. The molecule has 5 nitrogen and oxygen atoms in total. The van der Waals surface area contributed by atoms with Gasteiger partial charge in [-0.2, -0.15) is 0 Å². The van der Waals surface area contributed by atoms with Crippen LogP contribution in [0.5, 0.6) is 11.5 Å². The van der Waals surface area contributed by atoms with E-state index in [1.165, 1.54) is 0 Å². The Morgan fingerprint density at radius 1 is 0.867 bits per heavy atom. The van der Waals surface area contributed by atoms with Gasteiger partial charge in [-0.3, -0.25) is 9.88 Å². The molecule has 1 aliphatic rings. The monoisotopic (exact) mass is 423 g/mol. The Hall–Kier alpha value is -2.76. The highest BCUT2D eigenvalue weighted by Gasteiger charge is 2.20. The molecule has 4 rings (SSSR count). The number of ether oxygens (including phenoxy) is 2. The van der Waals surface area contributed by atoms with Crippen LogP contribution in [0, 0.1) is 0 Å². The van der Waals surface area contributed by atoms with E-state index in [0.717, 1.165) is 66.9 Å². The number of halogens is 1. The molecule has 0 atom stereocenters. The third-order valence-corrected chi connectivity index (χ3v) is 5.63. The van der Waals surface area contributed by atoms with E-state index in [1.54, 1.807) is 14.2 Å². The van der Waals surface area contributed by atoms with Gasteiger partial charge in [-0.15, -0.1) is 0 Å². The summed E-state index contributed by atoms with van der Waals surface area (Å²) in [5.41, 5.74) is 3.90. The number of piperazine rings is 1. The van der Waals surface area contributed by atoms with Gasteiger partial charge in [-0.05, 0) is 36.4 Å². The Labute approximate surface area is 182 Å². The lowest BCUT2D eigenvalue weighted by molar-refractivity contribution is 0.246. The van der Waals surface area contributed by atoms with Gasteiger partial charge in [0.2, 0.25) is 0 Å². The summed E-state index contributed by atoms with van der Waals surface area (Å²) in [6.07, 6.45) is 0. The van der Waals surface area contributed by atoms with E-state index >= 15 is 0 Å². The number of nitrogens with zero attached hydrogens (tertiary/aromatic N) is 3. The molecule has 0 aliphatic carbocycles. The van der Waals surface area contributed by atoms with E-state index in [1.807, 2.05) is 48.5 Å². The standard InChI is InChI=1S/C24H26ClN3O2/c1-29-23-9-5-3-7-20(23)21-16-18(25)15-19(26-21)17-27-11-13-28(14-12-27)22-8-4-6-10-24(22)30-2/h3-10,15-16H,11-14,17H2,1-2H3. The highest BCUT2D eigenvalue weighted by atomic mass is 35.5. The molecule has 0 bridgehead atoms. The SMILES string of the molecule is COc1ccccc1-c1cc(Cl)cc(CN2CCN(c3ccccc3OC)CC2)n1. The Kier molecular flexibility index (Phi) is 6.41. The van der Waals surface area contributed by atoms with Crippen molar-refractivity contribution in [3.8, 4) is 22.8 Å². The summed E-state index contributed by atoms with van der Waals surface area (Å²) in [5, 5.41) is 0.688. The maximum atomic E-state index is 6.43. The number of benzene rings is 2. The van der Waals surface area contributed by atoms with Crippen LogP contribution in [0.3, 0.4) is 0 Å². The largest absolute Gasteiger partial charge is 0.496 e. The normalized spacial score (nSPS) is 14.6. The van der Waals surface area contributed by atoms with Crippen molar-refractivity contribution in [1.82, 2.24) is 9.88 Å². The van der Waals surface area contributed by atoms with Crippen LogP contribution in [0.25, 0.3) is 11.3 Å². The average Bonchev–Trinajstić information content (AvgIpc) is 2.79. The summed E-state index contributed by atoms with van der Waals surface area (Å²) in [6, 6.07) is 19.9. The predicted molar refractivity (Wildman–Crippen MR) is 122 cm³/mol. The van der Waals surface area contributed by atoms with E-state index in [9.17, 15) is 0 Å². The highest BCUT2D eigenvalue weighted by Crippen LogP contribution is 2.31. The van der Waals surface area contributed by atoms with Crippen molar-refractivity contribution in [3.63, 3.8) is 0 Å². The second-order valence-electron chi connectivity index (χ2n) is 7.30. The van der Waals surface area contributed by atoms with Gasteiger partial charge in [-0.1, -0.05) is 35.9 Å². The molecule has 6 heteroatoms. The molecule has 0 N–H and O–H groups in total. The highest BCUT2D eigenvalue weighted by molar-refractivity contribution is 6.30. The van der Waals surface area contributed by atoms with Crippen LogP contribution in [0.15, 0.2) is 60.7 Å². The summed E-state index contributed by atoms with van der Waals surface area (Å²) >= 11 is 6.43. The first-order valence-corrected chi connectivity index (χ1v) is 10.5. The van der Waals surface area contributed by atoms with Crippen LogP contribution in [0.2, 0.25) is 5.02 Å². The van der Waals surface area contributed by atoms with E-state index < -0.39 is 0 Å². The van der Waals surface area contributed by atoms with E-state index in [4.69, 9.17) is 26.1 Å². The van der Waals surface area contributed by atoms with Gasteiger partial charge < -0.3 is 14.4 Å². The number of hydrogen-bond acceptors (Lipinski definition) is 5. The van der Waals surface area contributed by atoms with Crippen molar-refractivity contribution in [2.45, 2.75) is 6.54 Å². The van der Waals surface area contributed by atoms with Gasteiger partial charge in [-0.25, -0.2) is 0 Å². The van der Waals surface area contributed by atoms with Crippen molar-refractivity contribution in [2.75, 3.05) is 45.3 Å². The first-order valence-electron chi connectivity index (χ1n) is 10.1. The Bertz CT molecular complexity index is 1000. The molecule has 2 aromatic carbocycles. The average molecular weight is 424 g/mol. The Balaban J connectivity index is 1.46. The van der Waals surface area contributed by atoms with Crippen molar-refractivity contribution < 1.29 is 9.47 Å². The molecule has 1 saturated heterocycles. The van der Waals surface area contributed by atoms with Crippen molar-refractivity contribution in [2.24, 2.45) is 0 Å². The number of methoxy groups -OCH3 is 2. The van der Waals surface area contributed by atoms with Gasteiger partial charge in [0.15, 0.2) is 0 Å². The lowest BCUT2D eigenvalue weighted by atomic mass is 10.1. The lowest BCUT2D eigenvalue weighted by Crippen LogP contribution is -2.46. The molecule has 156 valence electrons. The fraction of sp³-hybridized carbons (Fsp3) is 0.292. The third-order valence-electron chi connectivity index (χ3n) is 5.41. The Morgan fingerprint density at radius 3 is 2.27 bits per heavy atom. The fourth-order valence-electron chi connectivity index (χ4n) is 3.89. The van der Waals surface area contributed by atoms with Crippen molar-refractivity contribution in [1.29, 1.82) is 0 Å². The maximum absolute atomic E-state index is 6.43. The van der Waals surface area contributed by atoms with Crippen LogP contribution in [0.1, 0.15) is 5.69 Å². The summed E-state index contributed by atoms with van der Waals surface area (Å²) in [4.78, 5) is 9.66. The van der Waals surface area contributed by atoms with Crippen LogP contribution < -0.4 is 14.4 Å². The molecular weight excluding hydrogens is 398 g/mol. The van der Waals surface area contributed by atoms with E-state index in [2.05, 4.69) is 21.9 Å². The summed E-state index contributed by atoms with van der Waals surface area (Å²) in [6.45, 7) is 4.57. The third kappa shape index (κ3) is 4.53.